The molecule has 5 heteroatoms. The monoisotopic (exact) mass is 294 g/mol. The third-order valence-corrected chi connectivity index (χ3v) is 3.95. The van der Waals surface area contributed by atoms with Gasteiger partial charge in [-0.05, 0) is 57.0 Å². The van der Waals surface area contributed by atoms with Crippen LogP contribution in [0.15, 0.2) is 24.3 Å². The lowest BCUT2D eigenvalue weighted by Gasteiger charge is -2.22. The predicted octanol–water partition coefficient (Wildman–Crippen LogP) is 1.79. The summed E-state index contributed by atoms with van der Waals surface area (Å²) >= 11 is 0. The third kappa shape index (κ3) is 4.79. The number of halogens is 1. The van der Waals surface area contributed by atoms with E-state index in [-0.39, 0.29) is 12.5 Å². The second-order valence-electron chi connectivity index (χ2n) is 5.49. The number of nitrogens with zero attached hydrogens (tertiary/aromatic N) is 1. The molecule has 1 aliphatic heterocycles. The first-order chi connectivity index (χ1) is 10.2. The number of unbranched alkanes of at least 4 members (excludes halogenated alkanes) is 1. The number of rotatable bonds is 7. The Bertz CT molecular complexity index is 467. The van der Waals surface area contributed by atoms with E-state index in [1.807, 2.05) is 0 Å². The molecule has 1 atom stereocenters. The van der Waals surface area contributed by atoms with E-state index in [2.05, 4.69) is 10.2 Å². The van der Waals surface area contributed by atoms with E-state index in [0.717, 1.165) is 38.8 Å². The lowest BCUT2D eigenvalue weighted by atomic mass is 10.2. The summed E-state index contributed by atoms with van der Waals surface area (Å²) in [7, 11) is 0. The van der Waals surface area contributed by atoms with Crippen LogP contribution in [0, 0.1) is 5.82 Å². The first-order valence-electron chi connectivity index (χ1n) is 7.59. The molecule has 116 valence electrons. The Morgan fingerprint density at radius 1 is 1.43 bits per heavy atom. The summed E-state index contributed by atoms with van der Waals surface area (Å²) in [5, 5.41) is 12.0. The summed E-state index contributed by atoms with van der Waals surface area (Å²) in [5.74, 6) is -0.629. The number of hydrogen-bond acceptors (Lipinski definition) is 3. The van der Waals surface area contributed by atoms with Gasteiger partial charge in [0.2, 0.25) is 0 Å². The molecular formula is C16H23FN2O2. The first-order valence-corrected chi connectivity index (χ1v) is 7.59. The molecule has 0 spiro atoms. The molecule has 0 bridgehead atoms. The highest BCUT2D eigenvalue weighted by atomic mass is 19.1. The third-order valence-electron chi connectivity index (χ3n) is 3.95. The summed E-state index contributed by atoms with van der Waals surface area (Å²) in [6, 6.07) is 6.02. The Labute approximate surface area is 125 Å². The molecule has 21 heavy (non-hydrogen) atoms. The largest absolute Gasteiger partial charge is 0.395 e. The lowest BCUT2D eigenvalue weighted by Crippen LogP contribution is -2.33. The molecule has 1 unspecified atom stereocenters. The van der Waals surface area contributed by atoms with Crippen molar-refractivity contribution in [1.29, 1.82) is 0 Å². The maximum absolute atomic E-state index is 13.0. The Morgan fingerprint density at radius 2 is 2.29 bits per heavy atom. The van der Waals surface area contributed by atoms with Crippen LogP contribution in [0.4, 0.5) is 4.39 Å². The molecule has 0 aromatic heterocycles. The number of likely N-dealkylation sites (tertiary alicyclic amines) is 1. The Morgan fingerprint density at radius 3 is 3.05 bits per heavy atom. The molecule has 4 nitrogen and oxygen atoms in total. The van der Waals surface area contributed by atoms with Crippen LogP contribution in [0.3, 0.4) is 0 Å². The summed E-state index contributed by atoms with van der Waals surface area (Å²) in [5.41, 5.74) is 0.356. The average molecular weight is 294 g/mol. The fraction of sp³-hybridized carbons (Fsp3) is 0.562. The first kappa shape index (κ1) is 15.9. The maximum Gasteiger partial charge on any atom is 0.251 e. The molecule has 2 rings (SSSR count). The number of carbonyl (C=O) groups is 1. The number of carbonyl (C=O) groups excluding carboxylic acids is 1. The van der Waals surface area contributed by atoms with Crippen molar-refractivity contribution in [3.05, 3.63) is 35.6 Å². The van der Waals surface area contributed by atoms with E-state index in [9.17, 15) is 14.3 Å². The van der Waals surface area contributed by atoms with E-state index in [4.69, 9.17) is 0 Å². The van der Waals surface area contributed by atoms with Gasteiger partial charge in [0.15, 0.2) is 0 Å². The van der Waals surface area contributed by atoms with Gasteiger partial charge in [-0.25, -0.2) is 4.39 Å². The fourth-order valence-electron chi connectivity index (χ4n) is 2.77. The van der Waals surface area contributed by atoms with Crippen molar-refractivity contribution in [1.82, 2.24) is 10.2 Å². The van der Waals surface area contributed by atoms with Crippen molar-refractivity contribution in [2.24, 2.45) is 0 Å². The second-order valence-corrected chi connectivity index (χ2v) is 5.49. The number of aliphatic hydroxyl groups is 1. The number of benzene rings is 1. The Balaban J connectivity index is 1.62. The average Bonchev–Trinajstić information content (AvgIpc) is 2.94. The number of amides is 1. The van der Waals surface area contributed by atoms with E-state index in [1.54, 1.807) is 6.07 Å². The summed E-state index contributed by atoms with van der Waals surface area (Å²) in [6.07, 6.45) is 4.10. The van der Waals surface area contributed by atoms with Gasteiger partial charge in [0.1, 0.15) is 5.82 Å². The predicted molar refractivity (Wildman–Crippen MR) is 79.6 cm³/mol. The number of nitrogens with one attached hydrogen (secondary N) is 1. The quantitative estimate of drug-likeness (QED) is 0.754. The van der Waals surface area contributed by atoms with Gasteiger partial charge in [0, 0.05) is 18.2 Å². The summed E-state index contributed by atoms with van der Waals surface area (Å²) in [4.78, 5) is 14.1. The molecule has 1 aromatic rings. The highest BCUT2D eigenvalue weighted by molar-refractivity contribution is 5.94. The van der Waals surface area contributed by atoms with Crippen molar-refractivity contribution < 1.29 is 14.3 Å². The van der Waals surface area contributed by atoms with Crippen LogP contribution in [0.1, 0.15) is 36.0 Å². The van der Waals surface area contributed by atoms with E-state index >= 15 is 0 Å². The smallest absolute Gasteiger partial charge is 0.251 e. The van der Waals surface area contributed by atoms with Gasteiger partial charge in [-0.15, -0.1) is 0 Å². The van der Waals surface area contributed by atoms with Gasteiger partial charge in [0.05, 0.1) is 6.61 Å². The van der Waals surface area contributed by atoms with Crippen LogP contribution in [-0.2, 0) is 0 Å². The van der Waals surface area contributed by atoms with E-state index in [1.165, 1.54) is 18.2 Å². The standard InChI is InChI=1S/C16H23FN2O2/c17-14-6-3-5-13(11-14)16(21)18-8-1-2-9-19-10-4-7-15(19)12-20/h3,5-6,11,15,20H,1-2,4,7-10,12H2,(H,18,21). The molecule has 0 saturated carbocycles. The van der Waals surface area contributed by atoms with Crippen LogP contribution in [0.2, 0.25) is 0 Å². The molecule has 1 fully saturated rings. The minimum Gasteiger partial charge on any atom is -0.395 e. The van der Waals surface area contributed by atoms with Crippen molar-refractivity contribution in [3.8, 4) is 0 Å². The lowest BCUT2D eigenvalue weighted by molar-refractivity contribution is 0.0951. The molecule has 1 amide bonds. The maximum atomic E-state index is 13.0. The van der Waals surface area contributed by atoms with Gasteiger partial charge >= 0.3 is 0 Å². The van der Waals surface area contributed by atoms with Crippen molar-refractivity contribution in [2.45, 2.75) is 31.7 Å². The van der Waals surface area contributed by atoms with E-state index in [0.29, 0.717) is 18.2 Å². The van der Waals surface area contributed by atoms with Gasteiger partial charge in [-0.1, -0.05) is 6.07 Å². The zero-order chi connectivity index (χ0) is 15.1. The summed E-state index contributed by atoms with van der Waals surface area (Å²) in [6.45, 7) is 2.84. The van der Waals surface area contributed by atoms with Crippen molar-refractivity contribution in [2.75, 3.05) is 26.2 Å². The Kier molecular flexibility index (Phi) is 6.14. The molecular weight excluding hydrogens is 271 g/mol. The molecule has 0 aliphatic carbocycles. The molecule has 1 heterocycles. The molecule has 2 N–H and O–H groups in total. The number of aliphatic hydroxyl groups excluding tert-OH is 1. The fourth-order valence-corrected chi connectivity index (χ4v) is 2.77. The minimum absolute atomic E-state index is 0.232. The molecule has 1 aliphatic rings. The minimum atomic E-state index is -0.397. The van der Waals surface area contributed by atoms with Gasteiger partial charge in [-0.3, -0.25) is 9.69 Å². The summed E-state index contributed by atoms with van der Waals surface area (Å²) < 4.78 is 13.0. The van der Waals surface area contributed by atoms with Crippen LogP contribution >= 0.6 is 0 Å². The van der Waals surface area contributed by atoms with Crippen LogP contribution in [-0.4, -0.2) is 48.2 Å². The molecule has 1 aromatic carbocycles. The number of hydrogen-bond donors (Lipinski definition) is 2. The second kappa shape index (κ2) is 8.10. The van der Waals surface area contributed by atoms with Crippen LogP contribution < -0.4 is 5.32 Å². The van der Waals surface area contributed by atoms with Crippen LogP contribution in [0.25, 0.3) is 0 Å². The highest BCUT2D eigenvalue weighted by Crippen LogP contribution is 2.16. The van der Waals surface area contributed by atoms with Crippen molar-refractivity contribution in [3.63, 3.8) is 0 Å². The normalized spacial score (nSPS) is 18.9. The van der Waals surface area contributed by atoms with Gasteiger partial charge in [0.25, 0.3) is 5.91 Å². The molecule has 1 saturated heterocycles. The molecule has 0 radical (unpaired) electrons. The van der Waals surface area contributed by atoms with E-state index < -0.39 is 5.82 Å². The van der Waals surface area contributed by atoms with Gasteiger partial charge < -0.3 is 10.4 Å². The van der Waals surface area contributed by atoms with Crippen LogP contribution in [0.5, 0.6) is 0 Å². The zero-order valence-electron chi connectivity index (χ0n) is 12.2. The van der Waals surface area contributed by atoms with Crippen molar-refractivity contribution >= 4 is 5.91 Å². The highest BCUT2D eigenvalue weighted by Gasteiger charge is 2.22. The Hall–Kier alpha value is -1.46. The zero-order valence-corrected chi connectivity index (χ0v) is 12.2. The van der Waals surface area contributed by atoms with Gasteiger partial charge in [-0.2, -0.15) is 0 Å². The topological polar surface area (TPSA) is 52.6 Å². The SMILES string of the molecule is O=C(NCCCCN1CCCC1CO)c1cccc(F)c1.